The average molecular weight is 1230 g/mol. The molecular weight excluding hydrogens is 1100 g/mol. The van der Waals surface area contributed by atoms with Crippen LogP contribution in [0.2, 0.25) is 0 Å². The highest BCUT2D eigenvalue weighted by atomic mass is 16.7. The Bertz CT molecular complexity index is 2070. The van der Waals surface area contributed by atoms with Crippen LogP contribution in [-0.2, 0) is 33.3 Å². The molecule has 0 aromatic carbocycles. The maximum absolute atomic E-state index is 12.9. The maximum Gasteiger partial charge on any atom is 0.361 e. The molecule has 502 valence electrons. The lowest BCUT2D eigenvalue weighted by atomic mass is 10.0. The first-order valence-electron chi connectivity index (χ1n) is 35.3. The molecule has 9 nitrogen and oxygen atoms in total. The lowest BCUT2D eigenvalue weighted by Crippen LogP contribution is -2.40. The van der Waals surface area contributed by atoms with Crippen LogP contribution < -0.4 is 0 Å². The molecule has 1 N–H and O–H groups in total. The van der Waals surface area contributed by atoms with Crippen molar-refractivity contribution in [2.24, 2.45) is 0 Å². The number of aliphatic carboxylic acids is 1. The molecule has 0 radical (unpaired) electrons. The summed E-state index contributed by atoms with van der Waals surface area (Å²) in [6.07, 6.45) is 100. The van der Waals surface area contributed by atoms with Gasteiger partial charge in [0, 0.05) is 12.8 Å². The van der Waals surface area contributed by atoms with E-state index < -0.39 is 24.3 Å². The Kier molecular flexibility index (Phi) is 64.4. The third-order valence-electron chi connectivity index (χ3n) is 14.5. The lowest BCUT2D eigenvalue weighted by molar-refractivity contribution is -0.870. The van der Waals surface area contributed by atoms with Crippen molar-refractivity contribution in [2.45, 2.75) is 270 Å². The van der Waals surface area contributed by atoms with E-state index in [4.69, 9.17) is 18.9 Å². The van der Waals surface area contributed by atoms with Gasteiger partial charge in [0.05, 0.1) is 34.4 Å². The highest BCUT2D eigenvalue weighted by Crippen LogP contribution is 2.16. The van der Waals surface area contributed by atoms with Crippen molar-refractivity contribution in [1.82, 2.24) is 0 Å². The molecule has 0 bridgehead atoms. The minimum atomic E-state index is -1.53. The molecule has 0 spiro atoms. The number of carboxylic acid groups (broad SMARTS) is 1. The predicted octanol–water partition coefficient (Wildman–Crippen LogP) is 22.2. The van der Waals surface area contributed by atoms with Crippen molar-refractivity contribution in [1.29, 1.82) is 0 Å². The topological polar surface area (TPSA) is 108 Å². The molecule has 0 saturated heterocycles. The van der Waals surface area contributed by atoms with Gasteiger partial charge in [0.1, 0.15) is 13.2 Å². The Morgan fingerprint density at radius 2 is 0.607 bits per heavy atom. The number of carbonyl (C=O) groups is 3. The Hall–Kier alpha value is -5.35. The van der Waals surface area contributed by atoms with E-state index >= 15 is 0 Å². The summed E-state index contributed by atoms with van der Waals surface area (Å²) < 4.78 is 23.0. The van der Waals surface area contributed by atoms with Gasteiger partial charge < -0.3 is 28.5 Å². The molecule has 2 atom stereocenters. The van der Waals surface area contributed by atoms with E-state index in [0.717, 1.165) is 141 Å². The maximum atomic E-state index is 12.9. The number of hydrogen-bond acceptors (Lipinski definition) is 7. The van der Waals surface area contributed by atoms with Gasteiger partial charge in [0.2, 0.25) is 0 Å². The van der Waals surface area contributed by atoms with Crippen molar-refractivity contribution in [3.8, 4) is 0 Å². The van der Waals surface area contributed by atoms with E-state index in [0.29, 0.717) is 17.4 Å². The number of allylic oxidation sites excluding steroid dienone is 28. The molecule has 0 heterocycles. The fourth-order valence-corrected chi connectivity index (χ4v) is 9.15. The van der Waals surface area contributed by atoms with Crippen LogP contribution in [0, 0.1) is 0 Å². The second-order valence-electron chi connectivity index (χ2n) is 24.1. The number of carboxylic acids is 1. The standard InChI is InChI=1S/C80H129NO8/c1-6-8-10-12-14-16-18-20-22-24-26-28-30-32-34-36-38-39-41-43-45-47-49-51-53-55-57-59-61-63-65-67-69-71-78(83)89-76(75-88-80(79(84)85)86-73-72-81(3,4)5)74-87-77(82)70-68-66-64-62-60-58-56-54-52-50-48-46-44-42-40-37-35-33-31-29-27-25-23-21-19-17-15-13-11-9-7-2/h8-11,14-17,20-23,26-29,32-35,38-39,43,45,49,51,55,57,76,80H,6-7,12-13,18-19,24-25,30-31,36-37,40-42,44,46-48,50,52-54,56,58-75H2,1-5H3/p+1/b10-8-,11-9-,16-14-,17-15-,22-20-,23-21-,28-26-,29-27-,34-32-,35-33-,39-38-,45-43-,51-49-,57-55-. The Morgan fingerprint density at radius 1 is 0.337 bits per heavy atom. The zero-order chi connectivity index (χ0) is 64.7. The van der Waals surface area contributed by atoms with Crippen LogP contribution in [0.15, 0.2) is 170 Å². The fraction of sp³-hybridized carbons (Fsp3) is 0.613. The highest BCUT2D eigenvalue weighted by Gasteiger charge is 2.25. The second-order valence-corrected chi connectivity index (χ2v) is 24.1. The number of likely N-dealkylation sites (N-methyl/N-ethyl adjacent to an activating group) is 1. The lowest BCUT2D eigenvalue weighted by Gasteiger charge is -2.25. The molecule has 0 amide bonds. The molecule has 0 aliphatic carbocycles. The Balaban J connectivity index is 4.22. The summed E-state index contributed by atoms with van der Waals surface area (Å²) in [6.45, 7) is 4.62. The molecule has 89 heavy (non-hydrogen) atoms. The zero-order valence-electron chi connectivity index (χ0n) is 57.3. The molecule has 0 aliphatic rings. The number of hydrogen-bond donors (Lipinski definition) is 1. The largest absolute Gasteiger partial charge is 0.477 e. The first kappa shape index (κ1) is 83.7. The molecule has 0 saturated carbocycles. The van der Waals surface area contributed by atoms with Crippen molar-refractivity contribution in [3.05, 3.63) is 170 Å². The quantitative estimate of drug-likeness (QED) is 0.0211. The SMILES string of the molecule is CC/C=C\C/C=C\C/C=C\C/C=C\C/C=C\C/C=C\C/C=C\C/C=C\C/C=C\CCCCCCCC(=O)OC(COC(=O)CCCCCCCCCCCCCCCCC/C=C\C/C=C\C/C=C\C/C=C\C/C=C\CC)COC(OCC[N+](C)(C)C)C(=O)O. The van der Waals surface area contributed by atoms with Gasteiger partial charge in [-0.15, -0.1) is 0 Å². The molecule has 0 aromatic rings. The summed E-state index contributed by atoms with van der Waals surface area (Å²) in [5, 5.41) is 9.75. The van der Waals surface area contributed by atoms with Crippen molar-refractivity contribution in [2.75, 3.05) is 47.5 Å². The van der Waals surface area contributed by atoms with Crippen LogP contribution in [0.1, 0.15) is 258 Å². The predicted molar refractivity (Wildman–Crippen MR) is 382 cm³/mol. The van der Waals surface area contributed by atoms with E-state index in [2.05, 4.69) is 184 Å². The Morgan fingerprint density at radius 3 is 0.899 bits per heavy atom. The fourth-order valence-electron chi connectivity index (χ4n) is 9.15. The van der Waals surface area contributed by atoms with E-state index in [1.807, 2.05) is 21.1 Å². The number of ether oxygens (including phenoxy) is 4. The minimum Gasteiger partial charge on any atom is -0.477 e. The molecule has 0 aliphatic heterocycles. The third kappa shape index (κ3) is 70.0. The number of unbranched alkanes of at least 4 members (excludes halogenated alkanes) is 20. The van der Waals surface area contributed by atoms with Crippen LogP contribution >= 0.6 is 0 Å². The third-order valence-corrected chi connectivity index (χ3v) is 14.5. The number of carbonyl (C=O) groups excluding carboxylic acids is 2. The van der Waals surface area contributed by atoms with Crippen molar-refractivity contribution in [3.63, 3.8) is 0 Å². The number of nitrogens with zero attached hydrogens (tertiary/aromatic N) is 1. The van der Waals surface area contributed by atoms with Crippen LogP contribution in [0.4, 0.5) is 0 Å². The van der Waals surface area contributed by atoms with Gasteiger partial charge in [-0.05, 0) is 128 Å². The van der Waals surface area contributed by atoms with Gasteiger partial charge in [0.15, 0.2) is 6.10 Å². The summed E-state index contributed by atoms with van der Waals surface area (Å²) in [5.74, 6) is -2.04. The summed E-state index contributed by atoms with van der Waals surface area (Å²) >= 11 is 0. The van der Waals surface area contributed by atoms with Crippen LogP contribution in [0.5, 0.6) is 0 Å². The van der Waals surface area contributed by atoms with E-state index in [1.54, 1.807) is 0 Å². The average Bonchev–Trinajstić information content (AvgIpc) is 3.64. The highest BCUT2D eigenvalue weighted by molar-refractivity contribution is 5.71. The Labute approximate surface area is 546 Å². The van der Waals surface area contributed by atoms with E-state index in [-0.39, 0.29) is 38.6 Å². The van der Waals surface area contributed by atoms with Gasteiger partial charge in [-0.1, -0.05) is 287 Å². The minimum absolute atomic E-state index is 0.175. The van der Waals surface area contributed by atoms with E-state index in [1.165, 1.54) is 83.5 Å². The summed E-state index contributed by atoms with van der Waals surface area (Å²) in [4.78, 5) is 37.6. The number of rotatable bonds is 63. The summed E-state index contributed by atoms with van der Waals surface area (Å²) in [7, 11) is 5.96. The molecule has 0 aromatic heterocycles. The van der Waals surface area contributed by atoms with E-state index in [9.17, 15) is 19.5 Å². The monoisotopic (exact) mass is 1230 g/mol. The molecule has 0 rings (SSSR count). The first-order valence-corrected chi connectivity index (χ1v) is 35.3. The smallest absolute Gasteiger partial charge is 0.361 e. The molecule has 0 fully saturated rings. The zero-order valence-corrected chi connectivity index (χ0v) is 57.3. The second kappa shape index (κ2) is 68.6. The van der Waals surface area contributed by atoms with Gasteiger partial charge in [-0.3, -0.25) is 9.59 Å². The van der Waals surface area contributed by atoms with Gasteiger partial charge in [-0.25, -0.2) is 4.79 Å². The normalized spacial score (nSPS) is 13.8. The van der Waals surface area contributed by atoms with Crippen molar-refractivity contribution < 1.29 is 42.9 Å². The van der Waals surface area contributed by atoms with Gasteiger partial charge in [-0.2, -0.15) is 0 Å². The van der Waals surface area contributed by atoms with Crippen LogP contribution in [0.3, 0.4) is 0 Å². The van der Waals surface area contributed by atoms with Gasteiger partial charge in [0.25, 0.3) is 6.29 Å². The molecular formula is C80H130NO8+. The number of esters is 2. The van der Waals surface area contributed by atoms with Gasteiger partial charge >= 0.3 is 17.9 Å². The van der Waals surface area contributed by atoms with Crippen molar-refractivity contribution >= 4 is 17.9 Å². The number of quaternary nitrogens is 1. The molecule has 9 heteroatoms. The van der Waals surface area contributed by atoms with Crippen LogP contribution in [0.25, 0.3) is 0 Å². The molecule has 2 unspecified atom stereocenters. The summed E-state index contributed by atoms with van der Waals surface area (Å²) in [5.41, 5.74) is 0. The summed E-state index contributed by atoms with van der Waals surface area (Å²) in [6, 6.07) is 0. The van der Waals surface area contributed by atoms with Crippen LogP contribution in [-0.4, -0.2) is 87.4 Å². The first-order chi connectivity index (χ1) is 43.6.